The Hall–Kier alpha value is -1.85. The van der Waals surface area contributed by atoms with E-state index in [1.807, 2.05) is 18.2 Å². The Kier molecular flexibility index (Phi) is 5.04. The maximum atomic E-state index is 6.01. The van der Waals surface area contributed by atoms with Crippen LogP contribution < -0.4 is 4.74 Å². The van der Waals surface area contributed by atoms with Gasteiger partial charge >= 0.3 is 0 Å². The second kappa shape index (κ2) is 7.58. The molecule has 2 saturated heterocycles. The topological polar surface area (TPSA) is 47.7 Å². The zero-order valence-corrected chi connectivity index (χ0v) is 14.6. The van der Waals surface area contributed by atoms with Crippen LogP contribution in [0.15, 0.2) is 47.3 Å². The Morgan fingerprint density at radius 1 is 1.20 bits per heavy atom. The van der Waals surface area contributed by atoms with Gasteiger partial charge in [0.15, 0.2) is 0 Å². The van der Waals surface area contributed by atoms with Gasteiger partial charge in [-0.05, 0) is 62.0 Å². The minimum Gasteiger partial charge on any atom is -0.492 e. The molecule has 0 bridgehead atoms. The molecule has 0 aromatic carbocycles. The summed E-state index contributed by atoms with van der Waals surface area (Å²) in [7, 11) is 0. The van der Waals surface area contributed by atoms with Gasteiger partial charge in [-0.15, -0.1) is 0 Å². The van der Waals surface area contributed by atoms with Crippen molar-refractivity contribution in [1.82, 2.24) is 9.88 Å². The molecule has 2 aromatic heterocycles. The number of likely N-dealkylation sites (tertiary alicyclic amines) is 1. The summed E-state index contributed by atoms with van der Waals surface area (Å²) in [6, 6.07) is 7.90. The first kappa shape index (κ1) is 16.6. The van der Waals surface area contributed by atoms with Crippen molar-refractivity contribution in [2.45, 2.75) is 25.8 Å². The fraction of sp³-hybridized carbons (Fsp3) is 0.550. The third-order valence-corrected chi connectivity index (χ3v) is 5.83. The predicted octanol–water partition coefficient (Wildman–Crippen LogP) is 3.37. The molecular weight excluding hydrogens is 316 g/mol. The Morgan fingerprint density at radius 2 is 2.12 bits per heavy atom. The summed E-state index contributed by atoms with van der Waals surface area (Å²) < 4.78 is 17.3. The lowest BCUT2D eigenvalue weighted by molar-refractivity contribution is -0.0868. The quantitative estimate of drug-likeness (QED) is 0.834. The van der Waals surface area contributed by atoms with Gasteiger partial charge in [-0.1, -0.05) is 0 Å². The summed E-state index contributed by atoms with van der Waals surface area (Å²) in [6.45, 7) is 5.54. The molecule has 4 heterocycles. The highest BCUT2D eigenvalue weighted by Crippen LogP contribution is 2.45. The minimum atomic E-state index is 0.347. The van der Waals surface area contributed by atoms with Crippen molar-refractivity contribution in [3.63, 3.8) is 0 Å². The van der Waals surface area contributed by atoms with E-state index in [2.05, 4.69) is 16.0 Å². The Morgan fingerprint density at radius 3 is 2.88 bits per heavy atom. The molecule has 0 saturated carbocycles. The number of rotatable bonds is 5. The lowest BCUT2D eigenvalue weighted by Gasteiger charge is -2.48. The van der Waals surface area contributed by atoms with Crippen molar-refractivity contribution in [3.05, 3.63) is 48.7 Å². The maximum Gasteiger partial charge on any atom is 0.137 e. The molecular formula is C20H26N2O3. The molecule has 0 unspecified atom stereocenters. The van der Waals surface area contributed by atoms with E-state index in [9.17, 15) is 0 Å². The first-order valence-corrected chi connectivity index (χ1v) is 9.19. The van der Waals surface area contributed by atoms with Gasteiger partial charge in [-0.2, -0.15) is 0 Å². The third-order valence-electron chi connectivity index (χ3n) is 5.83. The summed E-state index contributed by atoms with van der Waals surface area (Å²) in [6.07, 6.45) is 8.86. The van der Waals surface area contributed by atoms with Crippen molar-refractivity contribution in [3.8, 4) is 5.75 Å². The normalized spacial score (nSPS) is 23.6. The monoisotopic (exact) mass is 342 g/mol. The fourth-order valence-electron chi connectivity index (χ4n) is 4.17. The average molecular weight is 342 g/mol. The molecule has 2 aliphatic heterocycles. The van der Waals surface area contributed by atoms with Crippen LogP contribution in [0, 0.1) is 11.3 Å². The predicted molar refractivity (Wildman–Crippen MR) is 94.3 cm³/mol. The number of nitrogens with zero attached hydrogens (tertiary/aromatic N) is 2. The van der Waals surface area contributed by atoms with Gasteiger partial charge in [0, 0.05) is 18.7 Å². The van der Waals surface area contributed by atoms with Crippen molar-refractivity contribution in [2.24, 2.45) is 11.3 Å². The van der Waals surface area contributed by atoms with Gasteiger partial charge in [-0.25, -0.2) is 0 Å². The summed E-state index contributed by atoms with van der Waals surface area (Å²) in [5, 5.41) is 0. The van der Waals surface area contributed by atoms with Crippen LogP contribution in [-0.4, -0.2) is 42.8 Å². The zero-order chi connectivity index (χ0) is 17.0. The Labute approximate surface area is 148 Å². The number of aromatic nitrogens is 1. The van der Waals surface area contributed by atoms with Gasteiger partial charge < -0.3 is 13.9 Å². The third kappa shape index (κ3) is 3.88. The van der Waals surface area contributed by atoms with E-state index in [4.69, 9.17) is 13.9 Å². The average Bonchev–Trinajstić information content (AvgIpc) is 3.17. The van der Waals surface area contributed by atoms with Gasteiger partial charge in [0.25, 0.3) is 0 Å². The molecule has 0 radical (unpaired) electrons. The summed E-state index contributed by atoms with van der Waals surface area (Å²) in [4.78, 5) is 6.62. The molecule has 25 heavy (non-hydrogen) atoms. The standard InChI is InChI=1S/C20H26N2O3/c1-3-18(13-21-8-1)25-16-17-15-23-12-7-20(17)5-9-22(10-6-20)14-19-4-2-11-24-19/h1-4,8,11,13,17H,5-7,9-10,12,14-16H2/t17-/m1/s1. The summed E-state index contributed by atoms with van der Waals surface area (Å²) in [5.41, 5.74) is 0.347. The molecule has 5 nitrogen and oxygen atoms in total. The summed E-state index contributed by atoms with van der Waals surface area (Å²) in [5.74, 6) is 2.35. The number of hydrogen-bond donors (Lipinski definition) is 0. The molecule has 1 spiro atoms. The fourth-order valence-corrected chi connectivity index (χ4v) is 4.17. The van der Waals surface area contributed by atoms with E-state index in [1.54, 1.807) is 18.7 Å². The van der Waals surface area contributed by atoms with Crippen LogP contribution in [-0.2, 0) is 11.3 Å². The second-order valence-corrected chi connectivity index (χ2v) is 7.24. The molecule has 134 valence electrons. The van der Waals surface area contributed by atoms with Gasteiger partial charge in [-0.3, -0.25) is 9.88 Å². The van der Waals surface area contributed by atoms with Crippen LogP contribution >= 0.6 is 0 Å². The highest BCUT2D eigenvalue weighted by Gasteiger charge is 2.43. The molecule has 0 N–H and O–H groups in total. The van der Waals surface area contributed by atoms with E-state index in [-0.39, 0.29) is 0 Å². The van der Waals surface area contributed by atoms with Crippen LogP contribution in [0.2, 0.25) is 0 Å². The van der Waals surface area contributed by atoms with Crippen molar-refractivity contribution in [1.29, 1.82) is 0 Å². The maximum absolute atomic E-state index is 6.01. The Bertz CT molecular complexity index is 636. The van der Waals surface area contributed by atoms with E-state index in [0.29, 0.717) is 17.9 Å². The van der Waals surface area contributed by atoms with E-state index in [0.717, 1.165) is 50.8 Å². The molecule has 2 fully saturated rings. The van der Waals surface area contributed by atoms with Gasteiger partial charge in [0.05, 0.1) is 32.2 Å². The number of piperidine rings is 1. The van der Waals surface area contributed by atoms with Crippen LogP contribution in [0.1, 0.15) is 25.0 Å². The molecule has 0 aliphatic carbocycles. The number of furan rings is 1. The molecule has 4 rings (SSSR count). The smallest absolute Gasteiger partial charge is 0.137 e. The van der Waals surface area contributed by atoms with E-state index < -0.39 is 0 Å². The minimum absolute atomic E-state index is 0.347. The molecule has 2 aliphatic rings. The highest BCUT2D eigenvalue weighted by molar-refractivity contribution is 5.15. The van der Waals surface area contributed by atoms with Crippen LogP contribution in [0.3, 0.4) is 0 Å². The van der Waals surface area contributed by atoms with Crippen LogP contribution in [0.5, 0.6) is 5.75 Å². The van der Waals surface area contributed by atoms with Gasteiger partial charge in [0.2, 0.25) is 0 Å². The van der Waals surface area contributed by atoms with Gasteiger partial charge in [0.1, 0.15) is 11.5 Å². The molecule has 5 heteroatoms. The Balaban J connectivity index is 1.35. The zero-order valence-electron chi connectivity index (χ0n) is 14.6. The second-order valence-electron chi connectivity index (χ2n) is 7.24. The lowest BCUT2D eigenvalue weighted by atomic mass is 9.66. The van der Waals surface area contributed by atoms with Crippen molar-refractivity contribution < 1.29 is 13.9 Å². The largest absolute Gasteiger partial charge is 0.492 e. The van der Waals surface area contributed by atoms with E-state index in [1.165, 1.54) is 12.8 Å². The van der Waals surface area contributed by atoms with E-state index >= 15 is 0 Å². The first-order valence-electron chi connectivity index (χ1n) is 9.19. The highest BCUT2D eigenvalue weighted by atomic mass is 16.5. The molecule has 1 atom stereocenters. The van der Waals surface area contributed by atoms with Crippen molar-refractivity contribution in [2.75, 3.05) is 32.9 Å². The van der Waals surface area contributed by atoms with Crippen molar-refractivity contribution >= 4 is 0 Å². The van der Waals surface area contributed by atoms with Crippen LogP contribution in [0.25, 0.3) is 0 Å². The first-order chi connectivity index (χ1) is 12.3. The molecule has 0 amide bonds. The molecule has 2 aromatic rings. The summed E-state index contributed by atoms with van der Waals surface area (Å²) >= 11 is 0. The number of pyridine rings is 1. The number of ether oxygens (including phenoxy) is 2. The SMILES string of the molecule is c1cncc(OC[C@H]2COCCC23CCN(Cc2ccco2)CC3)c1. The number of hydrogen-bond acceptors (Lipinski definition) is 5. The van der Waals surface area contributed by atoms with Crippen LogP contribution in [0.4, 0.5) is 0 Å². The lowest BCUT2D eigenvalue weighted by Crippen LogP contribution is -2.49.